The van der Waals surface area contributed by atoms with Crippen LogP contribution in [0.2, 0.25) is 0 Å². The summed E-state index contributed by atoms with van der Waals surface area (Å²) in [5.74, 6) is -0.734. The molecule has 2 aromatic heterocycles. The van der Waals surface area contributed by atoms with E-state index in [2.05, 4.69) is 31.8 Å². The van der Waals surface area contributed by atoms with Gasteiger partial charge in [0.25, 0.3) is 5.91 Å². The van der Waals surface area contributed by atoms with E-state index in [1.165, 1.54) is 19.2 Å². The van der Waals surface area contributed by atoms with Gasteiger partial charge in [0.1, 0.15) is 11.5 Å². The number of hydrogen-bond donors (Lipinski definition) is 3. The highest BCUT2D eigenvalue weighted by Gasteiger charge is 2.23. The Hall–Kier alpha value is -4.20. The monoisotopic (exact) mass is 442 g/mol. The van der Waals surface area contributed by atoms with E-state index in [0.717, 1.165) is 16.5 Å². The molecule has 0 spiro atoms. The van der Waals surface area contributed by atoms with E-state index in [-0.39, 0.29) is 5.56 Å². The smallest absolute Gasteiger partial charge is 0.253 e. The number of anilines is 1. The minimum Gasteiger partial charge on any atom is -0.359 e. The highest BCUT2D eigenvalue weighted by Crippen LogP contribution is 2.33. The van der Waals surface area contributed by atoms with Crippen molar-refractivity contribution in [2.75, 3.05) is 12.4 Å². The molecule has 0 saturated carbocycles. The number of fused-ring (bicyclic) bond motifs is 1. The molecule has 0 unspecified atom stereocenters. The van der Waals surface area contributed by atoms with E-state index < -0.39 is 17.3 Å². The molecular weight excluding hydrogens is 419 g/mol. The first-order chi connectivity index (χ1) is 15.8. The molecule has 0 bridgehead atoms. The number of aromatic nitrogens is 2. The lowest BCUT2D eigenvalue weighted by Gasteiger charge is -2.28. The molecule has 1 amide bonds. The molecule has 8 heteroatoms. The fraction of sp³-hybridized carbons (Fsp3) is 0.160. The van der Waals surface area contributed by atoms with Gasteiger partial charge in [-0.3, -0.25) is 9.78 Å². The maximum Gasteiger partial charge on any atom is 0.253 e. The minimum absolute atomic E-state index is 0.0377. The number of halogens is 1. The minimum atomic E-state index is -0.637. The Morgan fingerprint density at radius 1 is 1.09 bits per heavy atom. The summed E-state index contributed by atoms with van der Waals surface area (Å²) in [6, 6.07) is 17.6. The van der Waals surface area contributed by atoms with Crippen molar-refractivity contribution in [2.24, 2.45) is 5.11 Å². The first kappa shape index (κ1) is 22.0. The highest BCUT2D eigenvalue weighted by molar-refractivity contribution is 5.94. The SMILES string of the molecule is CNC(=O)c1ccc(-c2ccc(N=N)c(NC(C)(C)c3ccc4ncccc4c3)n2)cc1F. The summed E-state index contributed by atoms with van der Waals surface area (Å²) in [6.45, 7) is 4.01. The van der Waals surface area contributed by atoms with Gasteiger partial charge < -0.3 is 10.6 Å². The van der Waals surface area contributed by atoms with Gasteiger partial charge in [0.2, 0.25) is 0 Å². The second-order valence-corrected chi connectivity index (χ2v) is 8.11. The zero-order valence-electron chi connectivity index (χ0n) is 18.5. The van der Waals surface area contributed by atoms with Gasteiger partial charge in [-0.1, -0.05) is 18.2 Å². The van der Waals surface area contributed by atoms with Gasteiger partial charge >= 0.3 is 0 Å². The van der Waals surface area contributed by atoms with Crippen LogP contribution >= 0.6 is 0 Å². The predicted octanol–water partition coefficient (Wildman–Crippen LogP) is 5.81. The number of amides is 1. The molecule has 2 aromatic carbocycles. The third kappa shape index (κ3) is 4.41. The lowest BCUT2D eigenvalue weighted by Crippen LogP contribution is -2.28. The van der Waals surface area contributed by atoms with Crippen LogP contribution in [0.1, 0.15) is 29.8 Å². The quantitative estimate of drug-likeness (QED) is 0.328. The molecule has 4 aromatic rings. The fourth-order valence-corrected chi connectivity index (χ4v) is 3.62. The fourth-order valence-electron chi connectivity index (χ4n) is 3.62. The van der Waals surface area contributed by atoms with Crippen LogP contribution in [0.15, 0.2) is 72.0 Å². The van der Waals surface area contributed by atoms with Gasteiger partial charge in [0.05, 0.1) is 22.3 Å². The van der Waals surface area contributed by atoms with Crippen molar-refractivity contribution in [3.05, 3.63) is 83.8 Å². The van der Waals surface area contributed by atoms with Crippen molar-refractivity contribution < 1.29 is 9.18 Å². The number of nitrogens with zero attached hydrogens (tertiary/aromatic N) is 3. The van der Waals surface area contributed by atoms with Crippen molar-refractivity contribution in [1.82, 2.24) is 15.3 Å². The third-order valence-electron chi connectivity index (χ3n) is 5.49. The van der Waals surface area contributed by atoms with Crippen LogP contribution in [0.4, 0.5) is 15.9 Å². The van der Waals surface area contributed by atoms with Crippen LogP contribution in [0.3, 0.4) is 0 Å². The van der Waals surface area contributed by atoms with Gasteiger partial charge in [-0.2, -0.15) is 5.11 Å². The molecule has 0 fully saturated rings. The Kier molecular flexibility index (Phi) is 5.83. The van der Waals surface area contributed by atoms with Crippen LogP contribution in [-0.2, 0) is 5.54 Å². The summed E-state index contributed by atoms with van der Waals surface area (Å²) in [5.41, 5.74) is 10.2. The Bertz CT molecular complexity index is 1370. The highest BCUT2D eigenvalue weighted by atomic mass is 19.1. The third-order valence-corrected chi connectivity index (χ3v) is 5.49. The van der Waals surface area contributed by atoms with Crippen LogP contribution in [0.5, 0.6) is 0 Å². The van der Waals surface area contributed by atoms with E-state index >= 15 is 0 Å². The van der Waals surface area contributed by atoms with Crippen LogP contribution in [-0.4, -0.2) is 22.9 Å². The predicted molar refractivity (Wildman–Crippen MR) is 126 cm³/mol. The number of rotatable bonds is 6. The number of nitrogens with one attached hydrogen (secondary N) is 3. The Morgan fingerprint density at radius 3 is 2.64 bits per heavy atom. The van der Waals surface area contributed by atoms with Gasteiger partial charge in [-0.15, -0.1) is 0 Å². The Balaban J connectivity index is 1.70. The average molecular weight is 442 g/mol. The zero-order chi connectivity index (χ0) is 23.6. The first-order valence-corrected chi connectivity index (χ1v) is 10.4. The molecule has 4 rings (SSSR count). The van der Waals surface area contributed by atoms with Crippen molar-refractivity contribution >= 4 is 28.3 Å². The normalized spacial score (nSPS) is 11.3. The topological polar surface area (TPSA) is 103 Å². The van der Waals surface area contributed by atoms with E-state index in [1.54, 1.807) is 24.4 Å². The second-order valence-electron chi connectivity index (χ2n) is 8.11. The average Bonchev–Trinajstić information content (AvgIpc) is 2.83. The van der Waals surface area contributed by atoms with Crippen molar-refractivity contribution in [2.45, 2.75) is 19.4 Å². The lowest BCUT2D eigenvalue weighted by molar-refractivity contribution is 0.0959. The van der Waals surface area contributed by atoms with Crippen LogP contribution < -0.4 is 10.6 Å². The zero-order valence-corrected chi connectivity index (χ0v) is 18.5. The number of hydrogen-bond acceptors (Lipinski definition) is 6. The van der Waals surface area contributed by atoms with Crippen molar-refractivity contribution in [1.29, 1.82) is 5.53 Å². The standard InChI is InChI=1S/C25H23FN6O/c1-25(2,17-7-9-20-15(13-17)5-4-12-29-20)31-23-22(32-27)11-10-21(30-23)16-6-8-18(19(26)14-16)24(33)28-3/h4-14,27H,1-3H3,(H,28,33)(H,30,31). The largest absolute Gasteiger partial charge is 0.359 e. The Morgan fingerprint density at radius 2 is 1.91 bits per heavy atom. The van der Waals surface area contributed by atoms with Gasteiger partial charge in [-0.25, -0.2) is 14.9 Å². The molecule has 0 aliphatic rings. The van der Waals surface area contributed by atoms with Crippen molar-refractivity contribution in [3.63, 3.8) is 0 Å². The summed E-state index contributed by atoms with van der Waals surface area (Å²) < 4.78 is 14.5. The van der Waals surface area contributed by atoms with Crippen molar-refractivity contribution in [3.8, 4) is 11.3 Å². The maximum atomic E-state index is 14.5. The molecule has 0 atom stereocenters. The molecule has 7 nitrogen and oxygen atoms in total. The summed E-state index contributed by atoms with van der Waals surface area (Å²) in [7, 11) is 1.45. The van der Waals surface area contributed by atoms with E-state index in [1.807, 2.05) is 38.1 Å². The molecule has 0 aliphatic carbocycles. The summed E-state index contributed by atoms with van der Waals surface area (Å²) in [5, 5.41) is 10.4. The van der Waals surface area contributed by atoms with Crippen LogP contribution in [0.25, 0.3) is 22.2 Å². The molecule has 0 aliphatic heterocycles. The molecule has 3 N–H and O–H groups in total. The number of carbonyl (C=O) groups is 1. The van der Waals surface area contributed by atoms with Gasteiger partial charge in [-0.05, 0) is 61.9 Å². The van der Waals surface area contributed by atoms with E-state index in [0.29, 0.717) is 22.8 Å². The summed E-state index contributed by atoms with van der Waals surface area (Å²) in [4.78, 5) is 20.8. The maximum absolute atomic E-state index is 14.5. The molecule has 33 heavy (non-hydrogen) atoms. The molecule has 2 heterocycles. The molecular formula is C25H23FN6O. The molecule has 0 saturated heterocycles. The van der Waals surface area contributed by atoms with Gasteiger partial charge in [0, 0.05) is 24.2 Å². The lowest BCUT2D eigenvalue weighted by atomic mass is 9.93. The Labute approximate surface area is 190 Å². The molecule has 0 radical (unpaired) electrons. The first-order valence-electron chi connectivity index (χ1n) is 10.4. The number of benzene rings is 2. The number of pyridine rings is 2. The molecule has 166 valence electrons. The van der Waals surface area contributed by atoms with E-state index in [4.69, 9.17) is 5.53 Å². The second kappa shape index (κ2) is 8.74. The van der Waals surface area contributed by atoms with Crippen LogP contribution in [0, 0.1) is 11.3 Å². The number of carbonyl (C=O) groups excluding carboxylic acids is 1. The van der Waals surface area contributed by atoms with E-state index in [9.17, 15) is 9.18 Å². The summed E-state index contributed by atoms with van der Waals surface area (Å²) in [6.07, 6.45) is 1.76. The van der Waals surface area contributed by atoms with Gasteiger partial charge in [0.15, 0.2) is 5.82 Å². The summed E-state index contributed by atoms with van der Waals surface area (Å²) >= 11 is 0.